The van der Waals surface area contributed by atoms with Crippen LogP contribution >= 0.6 is 11.8 Å². The third kappa shape index (κ3) is 4.61. The number of para-hydroxylation sites is 4. The van der Waals surface area contributed by atoms with Crippen LogP contribution in [-0.4, -0.2) is 45.0 Å². The average Bonchev–Trinajstić information content (AvgIpc) is 3.20. The number of anilines is 2. The van der Waals surface area contributed by atoms with Crippen LogP contribution in [0.2, 0.25) is 0 Å². The van der Waals surface area contributed by atoms with Crippen LogP contribution in [0.1, 0.15) is 25.3 Å². The van der Waals surface area contributed by atoms with Crippen molar-refractivity contribution >= 4 is 35.0 Å². The number of aromatic nitrogens is 3. The third-order valence-corrected chi connectivity index (χ3v) is 6.76. The maximum atomic E-state index is 13.4. The first-order valence-corrected chi connectivity index (χ1v) is 12.3. The van der Waals surface area contributed by atoms with E-state index >= 15 is 0 Å². The Morgan fingerprint density at radius 2 is 1.97 bits per heavy atom. The number of benzene rings is 2. The van der Waals surface area contributed by atoms with Gasteiger partial charge in [-0.25, -0.2) is 0 Å². The molecule has 2 atom stereocenters. The van der Waals surface area contributed by atoms with Crippen LogP contribution in [0.3, 0.4) is 0 Å². The zero-order valence-electron chi connectivity index (χ0n) is 19.2. The van der Waals surface area contributed by atoms with Crippen LogP contribution in [0.15, 0.2) is 66.3 Å². The highest BCUT2D eigenvalue weighted by molar-refractivity contribution is 7.99. The quantitative estimate of drug-likeness (QED) is 0.413. The molecule has 2 unspecified atom stereocenters. The van der Waals surface area contributed by atoms with Gasteiger partial charge in [-0.3, -0.25) is 14.2 Å². The molecule has 3 aromatic rings. The number of hydrogen-bond acceptors (Lipinski definition) is 7. The van der Waals surface area contributed by atoms with Crippen LogP contribution in [0.25, 0.3) is 0 Å². The largest absolute Gasteiger partial charge is 0.485 e. The summed E-state index contributed by atoms with van der Waals surface area (Å²) in [6.07, 6.45) is 1.54. The fourth-order valence-electron chi connectivity index (χ4n) is 4.26. The SMILES string of the molecule is C=CCn1c(SCC(=O)N2c3ccccc3NC(=O)CC2C)nnc1C1COc2ccccc2O1. The second-order valence-electron chi connectivity index (χ2n) is 8.28. The van der Waals surface area contributed by atoms with E-state index in [0.29, 0.717) is 47.0 Å². The molecular weight excluding hydrogens is 466 g/mol. The molecule has 5 rings (SSSR count). The minimum absolute atomic E-state index is 0.112. The van der Waals surface area contributed by atoms with Gasteiger partial charge in [0, 0.05) is 19.0 Å². The highest BCUT2D eigenvalue weighted by Gasteiger charge is 2.31. The van der Waals surface area contributed by atoms with Crippen LogP contribution in [-0.2, 0) is 16.1 Å². The summed E-state index contributed by atoms with van der Waals surface area (Å²) in [4.78, 5) is 27.3. The Labute approximate surface area is 207 Å². The fraction of sp³-hybridized carbons (Fsp3) is 0.280. The molecule has 2 aliphatic heterocycles. The molecule has 9 nitrogen and oxygen atoms in total. The Hall–Kier alpha value is -3.79. The summed E-state index contributed by atoms with van der Waals surface area (Å²) in [6, 6.07) is 14.5. The van der Waals surface area contributed by atoms with Crippen molar-refractivity contribution in [2.24, 2.45) is 0 Å². The normalized spacial score (nSPS) is 18.9. The van der Waals surface area contributed by atoms with E-state index in [2.05, 4.69) is 22.1 Å². The maximum Gasteiger partial charge on any atom is 0.237 e. The summed E-state index contributed by atoms with van der Waals surface area (Å²) < 4.78 is 13.8. The minimum atomic E-state index is -0.433. The number of carbonyl (C=O) groups is 2. The predicted molar refractivity (Wildman–Crippen MR) is 133 cm³/mol. The highest BCUT2D eigenvalue weighted by atomic mass is 32.2. The van der Waals surface area contributed by atoms with Gasteiger partial charge >= 0.3 is 0 Å². The molecule has 0 radical (unpaired) electrons. The Bertz CT molecular complexity index is 1280. The molecule has 1 N–H and O–H groups in total. The summed E-state index contributed by atoms with van der Waals surface area (Å²) in [5.41, 5.74) is 1.32. The summed E-state index contributed by atoms with van der Waals surface area (Å²) in [7, 11) is 0. The zero-order chi connectivity index (χ0) is 24.4. The van der Waals surface area contributed by atoms with Gasteiger partial charge in [-0.15, -0.1) is 16.8 Å². The van der Waals surface area contributed by atoms with E-state index in [4.69, 9.17) is 9.47 Å². The molecule has 3 heterocycles. The Morgan fingerprint density at radius 3 is 2.80 bits per heavy atom. The van der Waals surface area contributed by atoms with Crippen LogP contribution in [0.5, 0.6) is 11.5 Å². The van der Waals surface area contributed by atoms with Crippen molar-refractivity contribution in [3.8, 4) is 11.5 Å². The lowest BCUT2D eigenvalue weighted by atomic mass is 10.2. The van der Waals surface area contributed by atoms with Crippen molar-refractivity contribution in [1.82, 2.24) is 14.8 Å². The second-order valence-corrected chi connectivity index (χ2v) is 9.22. The first-order valence-electron chi connectivity index (χ1n) is 11.3. The van der Waals surface area contributed by atoms with Crippen LogP contribution in [0, 0.1) is 0 Å². The van der Waals surface area contributed by atoms with Gasteiger partial charge in [0.25, 0.3) is 0 Å². The standard InChI is InChI=1S/C25H25N5O4S/c1-3-12-29-24(21-14-33-19-10-6-7-11-20(19)34-21)27-28-25(29)35-15-23(32)30-16(2)13-22(31)26-17-8-4-5-9-18(17)30/h3-11,16,21H,1,12-15H2,2H3,(H,26,31). The van der Waals surface area contributed by atoms with E-state index in [1.807, 2.05) is 54.0 Å². The first-order chi connectivity index (χ1) is 17.0. The van der Waals surface area contributed by atoms with E-state index in [0.717, 1.165) is 0 Å². The number of nitrogens with one attached hydrogen (secondary N) is 1. The number of fused-ring (bicyclic) bond motifs is 2. The number of nitrogens with zero attached hydrogens (tertiary/aromatic N) is 4. The maximum absolute atomic E-state index is 13.4. The molecule has 0 bridgehead atoms. The molecule has 0 fully saturated rings. The lowest BCUT2D eigenvalue weighted by molar-refractivity contribution is -0.117. The zero-order valence-corrected chi connectivity index (χ0v) is 20.0. The summed E-state index contributed by atoms with van der Waals surface area (Å²) >= 11 is 1.29. The van der Waals surface area contributed by atoms with Crippen molar-refractivity contribution < 1.29 is 19.1 Å². The molecule has 35 heavy (non-hydrogen) atoms. The molecule has 1 aromatic heterocycles. The summed E-state index contributed by atoms with van der Waals surface area (Å²) in [6.45, 7) is 6.49. The minimum Gasteiger partial charge on any atom is -0.485 e. The fourth-order valence-corrected chi connectivity index (χ4v) is 5.07. The van der Waals surface area contributed by atoms with Gasteiger partial charge in [0.15, 0.2) is 28.6 Å². The first kappa shape index (κ1) is 23.0. The van der Waals surface area contributed by atoms with E-state index in [1.54, 1.807) is 17.0 Å². The molecule has 0 saturated heterocycles. The number of thioether (sulfide) groups is 1. The lowest BCUT2D eigenvalue weighted by Crippen LogP contribution is -2.40. The van der Waals surface area contributed by atoms with Gasteiger partial charge < -0.3 is 19.7 Å². The number of carbonyl (C=O) groups excluding carboxylic acids is 2. The van der Waals surface area contributed by atoms with E-state index in [1.165, 1.54) is 11.8 Å². The van der Waals surface area contributed by atoms with Crippen molar-refractivity contribution in [2.75, 3.05) is 22.6 Å². The van der Waals surface area contributed by atoms with Gasteiger partial charge in [-0.1, -0.05) is 42.1 Å². The Balaban J connectivity index is 1.35. The molecule has 2 amide bonds. The molecular formula is C25H25N5O4S. The van der Waals surface area contributed by atoms with E-state index < -0.39 is 6.10 Å². The van der Waals surface area contributed by atoms with Crippen LogP contribution in [0.4, 0.5) is 11.4 Å². The molecule has 0 spiro atoms. The second kappa shape index (κ2) is 9.83. The monoisotopic (exact) mass is 491 g/mol. The third-order valence-electron chi connectivity index (χ3n) is 5.81. The Morgan fingerprint density at radius 1 is 1.20 bits per heavy atom. The van der Waals surface area contributed by atoms with Gasteiger partial charge in [0.05, 0.1) is 17.1 Å². The lowest BCUT2D eigenvalue weighted by Gasteiger charge is -2.27. The summed E-state index contributed by atoms with van der Waals surface area (Å²) in [5.74, 6) is 1.86. The molecule has 2 aliphatic rings. The molecule has 180 valence electrons. The molecule has 2 aromatic carbocycles. The number of allylic oxidation sites excluding steroid dienone is 1. The number of rotatable bonds is 6. The summed E-state index contributed by atoms with van der Waals surface area (Å²) in [5, 5.41) is 12.2. The number of ether oxygens (including phenoxy) is 2. The van der Waals surface area contributed by atoms with Crippen LogP contribution < -0.4 is 19.7 Å². The predicted octanol–water partition coefficient (Wildman–Crippen LogP) is 3.83. The van der Waals surface area contributed by atoms with Crippen molar-refractivity contribution in [1.29, 1.82) is 0 Å². The molecule has 0 aliphatic carbocycles. The number of amides is 2. The molecule has 10 heteroatoms. The highest BCUT2D eigenvalue weighted by Crippen LogP contribution is 2.36. The molecule has 0 saturated carbocycles. The topological polar surface area (TPSA) is 98.6 Å². The Kier molecular flexibility index (Phi) is 6.45. The smallest absolute Gasteiger partial charge is 0.237 e. The van der Waals surface area contributed by atoms with Gasteiger partial charge in [0.2, 0.25) is 11.8 Å². The van der Waals surface area contributed by atoms with Gasteiger partial charge in [-0.2, -0.15) is 0 Å². The average molecular weight is 492 g/mol. The van der Waals surface area contributed by atoms with Gasteiger partial charge in [-0.05, 0) is 31.2 Å². The van der Waals surface area contributed by atoms with Crippen molar-refractivity contribution in [2.45, 2.75) is 37.2 Å². The van der Waals surface area contributed by atoms with Crippen molar-refractivity contribution in [3.05, 3.63) is 67.0 Å². The van der Waals surface area contributed by atoms with E-state index in [-0.39, 0.29) is 30.0 Å². The van der Waals surface area contributed by atoms with Crippen molar-refractivity contribution in [3.63, 3.8) is 0 Å². The van der Waals surface area contributed by atoms with E-state index in [9.17, 15) is 9.59 Å². The van der Waals surface area contributed by atoms with Gasteiger partial charge in [0.1, 0.15) is 6.61 Å². The number of hydrogen-bond donors (Lipinski definition) is 1.